The number of aromatic nitrogens is 1. The van der Waals surface area contributed by atoms with E-state index in [1.807, 2.05) is 18.2 Å². The van der Waals surface area contributed by atoms with Crippen molar-refractivity contribution in [1.29, 1.82) is 0 Å². The molecule has 0 saturated carbocycles. The summed E-state index contributed by atoms with van der Waals surface area (Å²) in [6.45, 7) is 0.713. The van der Waals surface area contributed by atoms with Crippen molar-refractivity contribution in [3.05, 3.63) is 36.0 Å². The van der Waals surface area contributed by atoms with E-state index >= 15 is 0 Å². The highest BCUT2D eigenvalue weighted by Gasteiger charge is 2.15. The Bertz CT molecular complexity index is 493. The Balaban J connectivity index is 2.09. The third-order valence-corrected chi connectivity index (χ3v) is 2.56. The molecule has 1 aromatic heterocycles. The van der Waals surface area contributed by atoms with Gasteiger partial charge in [-0.3, -0.25) is 0 Å². The lowest BCUT2D eigenvalue weighted by Gasteiger charge is -1.96. The standard InChI is InChI=1S/C11H12N4/c12-10-6-13-11(15-10)9-5-7-3-1-2-4-8(7)14-9/h1-5,10,14H,6,12H2,(H,13,15). The number of nitrogens with zero attached hydrogens (tertiary/aromatic N) is 1. The molecule has 4 heteroatoms. The molecule has 1 atom stereocenters. The van der Waals surface area contributed by atoms with Gasteiger partial charge in [0, 0.05) is 10.9 Å². The molecule has 0 radical (unpaired) electrons. The molecule has 1 aromatic carbocycles. The lowest BCUT2D eigenvalue weighted by Crippen LogP contribution is -2.26. The van der Waals surface area contributed by atoms with E-state index in [1.165, 1.54) is 5.39 Å². The molecule has 3 rings (SSSR count). The molecule has 0 bridgehead atoms. The zero-order chi connectivity index (χ0) is 10.3. The van der Waals surface area contributed by atoms with Gasteiger partial charge in [0.2, 0.25) is 0 Å². The second-order valence-corrected chi connectivity index (χ2v) is 3.70. The van der Waals surface area contributed by atoms with Crippen LogP contribution in [0.15, 0.2) is 35.3 Å². The topological polar surface area (TPSA) is 66.2 Å². The maximum absolute atomic E-state index is 5.69. The van der Waals surface area contributed by atoms with Gasteiger partial charge in [-0.15, -0.1) is 0 Å². The van der Waals surface area contributed by atoms with Crippen LogP contribution in [0.2, 0.25) is 0 Å². The first-order chi connectivity index (χ1) is 7.33. The number of nitrogens with two attached hydrogens (primary N) is 1. The van der Waals surface area contributed by atoms with Crippen LogP contribution in [0.5, 0.6) is 0 Å². The summed E-state index contributed by atoms with van der Waals surface area (Å²) in [6, 6.07) is 10.2. The second-order valence-electron chi connectivity index (χ2n) is 3.70. The minimum absolute atomic E-state index is 0.119. The van der Waals surface area contributed by atoms with E-state index in [1.54, 1.807) is 0 Å². The Morgan fingerprint density at radius 1 is 1.33 bits per heavy atom. The summed E-state index contributed by atoms with van der Waals surface area (Å²) in [5, 5.41) is 4.37. The zero-order valence-electron chi connectivity index (χ0n) is 8.20. The number of nitrogens with one attached hydrogen (secondary N) is 2. The van der Waals surface area contributed by atoms with E-state index in [0.29, 0.717) is 6.54 Å². The minimum atomic E-state index is -0.119. The number of hydrogen-bond acceptors (Lipinski definition) is 3. The van der Waals surface area contributed by atoms with E-state index in [-0.39, 0.29) is 6.17 Å². The summed E-state index contributed by atoms with van der Waals surface area (Å²) in [5.74, 6) is 0.860. The normalized spacial score (nSPS) is 20.3. The number of para-hydroxylation sites is 1. The maximum Gasteiger partial charge on any atom is 0.146 e. The Kier molecular flexibility index (Phi) is 1.76. The maximum atomic E-state index is 5.69. The molecule has 15 heavy (non-hydrogen) atoms. The van der Waals surface area contributed by atoms with Crippen LogP contribution in [-0.4, -0.2) is 23.5 Å². The summed E-state index contributed by atoms with van der Waals surface area (Å²) in [5.41, 5.74) is 7.82. The van der Waals surface area contributed by atoms with Crippen LogP contribution < -0.4 is 11.1 Å². The van der Waals surface area contributed by atoms with Crippen molar-refractivity contribution in [2.45, 2.75) is 6.17 Å². The van der Waals surface area contributed by atoms with Crippen molar-refractivity contribution in [1.82, 2.24) is 10.3 Å². The summed E-state index contributed by atoms with van der Waals surface area (Å²) in [7, 11) is 0. The molecule has 2 heterocycles. The monoisotopic (exact) mass is 200 g/mol. The number of amidine groups is 1. The zero-order valence-corrected chi connectivity index (χ0v) is 8.20. The van der Waals surface area contributed by atoms with Crippen molar-refractivity contribution in [3.63, 3.8) is 0 Å². The number of fused-ring (bicyclic) bond motifs is 1. The van der Waals surface area contributed by atoms with Gasteiger partial charge in [-0.05, 0) is 12.1 Å². The van der Waals surface area contributed by atoms with Crippen molar-refractivity contribution >= 4 is 16.7 Å². The molecule has 1 aliphatic rings. The first-order valence-corrected chi connectivity index (χ1v) is 4.98. The predicted octanol–water partition coefficient (Wildman–Crippen LogP) is 0.802. The Labute approximate surface area is 87.2 Å². The molecule has 2 aromatic rings. The van der Waals surface area contributed by atoms with Gasteiger partial charge in [-0.2, -0.15) is 0 Å². The second kappa shape index (κ2) is 3.10. The third kappa shape index (κ3) is 1.39. The lowest BCUT2D eigenvalue weighted by atomic mass is 10.2. The molecule has 0 spiro atoms. The van der Waals surface area contributed by atoms with Crippen LogP contribution in [0.4, 0.5) is 0 Å². The lowest BCUT2D eigenvalue weighted by molar-refractivity contribution is 0.732. The SMILES string of the molecule is NC1CNC(c2cc3ccccc3[nH]2)=N1. The average molecular weight is 200 g/mol. The highest BCUT2D eigenvalue weighted by molar-refractivity contribution is 6.02. The van der Waals surface area contributed by atoms with Gasteiger partial charge >= 0.3 is 0 Å². The molecule has 0 saturated heterocycles. The average Bonchev–Trinajstić information content (AvgIpc) is 2.82. The molecule has 1 aliphatic heterocycles. The molecule has 1 unspecified atom stereocenters. The highest BCUT2D eigenvalue weighted by Crippen LogP contribution is 2.15. The Morgan fingerprint density at radius 3 is 2.93 bits per heavy atom. The van der Waals surface area contributed by atoms with Crippen molar-refractivity contribution in [2.24, 2.45) is 10.7 Å². The van der Waals surface area contributed by atoms with Gasteiger partial charge in [-0.1, -0.05) is 18.2 Å². The predicted molar refractivity (Wildman–Crippen MR) is 60.8 cm³/mol. The van der Waals surface area contributed by atoms with Crippen molar-refractivity contribution in [2.75, 3.05) is 6.54 Å². The van der Waals surface area contributed by atoms with Crippen LogP contribution in [0.3, 0.4) is 0 Å². The van der Waals surface area contributed by atoms with Crippen LogP contribution in [0.25, 0.3) is 10.9 Å². The number of H-pyrrole nitrogens is 1. The third-order valence-electron chi connectivity index (χ3n) is 2.56. The largest absolute Gasteiger partial charge is 0.365 e. The van der Waals surface area contributed by atoms with E-state index in [9.17, 15) is 0 Å². The van der Waals surface area contributed by atoms with Gasteiger partial charge in [0.05, 0.1) is 12.2 Å². The van der Waals surface area contributed by atoms with E-state index in [4.69, 9.17) is 5.73 Å². The fourth-order valence-corrected chi connectivity index (χ4v) is 1.82. The van der Waals surface area contributed by atoms with E-state index in [2.05, 4.69) is 27.4 Å². The van der Waals surface area contributed by atoms with Crippen LogP contribution in [0, 0.1) is 0 Å². The number of aromatic amines is 1. The Morgan fingerprint density at radius 2 is 2.20 bits per heavy atom. The first-order valence-electron chi connectivity index (χ1n) is 4.98. The van der Waals surface area contributed by atoms with Gasteiger partial charge in [0.15, 0.2) is 0 Å². The van der Waals surface area contributed by atoms with Crippen molar-refractivity contribution < 1.29 is 0 Å². The van der Waals surface area contributed by atoms with Crippen LogP contribution in [-0.2, 0) is 0 Å². The van der Waals surface area contributed by atoms with Gasteiger partial charge in [0.1, 0.15) is 12.0 Å². The first kappa shape index (κ1) is 8.49. The quantitative estimate of drug-likeness (QED) is 0.637. The molecular formula is C11H12N4. The molecule has 76 valence electrons. The molecule has 4 nitrogen and oxygen atoms in total. The summed E-state index contributed by atoms with van der Waals surface area (Å²) < 4.78 is 0. The number of rotatable bonds is 1. The van der Waals surface area contributed by atoms with E-state index in [0.717, 1.165) is 17.0 Å². The summed E-state index contributed by atoms with van der Waals surface area (Å²) in [4.78, 5) is 7.62. The number of benzene rings is 1. The molecule has 0 aliphatic carbocycles. The van der Waals surface area contributed by atoms with Crippen molar-refractivity contribution in [3.8, 4) is 0 Å². The molecular weight excluding hydrogens is 188 g/mol. The van der Waals surface area contributed by atoms with Crippen LogP contribution >= 0.6 is 0 Å². The summed E-state index contributed by atoms with van der Waals surface area (Å²) >= 11 is 0. The van der Waals surface area contributed by atoms with E-state index < -0.39 is 0 Å². The minimum Gasteiger partial charge on any atom is -0.365 e. The fraction of sp³-hybridized carbons (Fsp3) is 0.182. The fourth-order valence-electron chi connectivity index (χ4n) is 1.82. The van der Waals surface area contributed by atoms with Gasteiger partial charge in [-0.25, -0.2) is 4.99 Å². The molecule has 4 N–H and O–H groups in total. The molecule has 0 amide bonds. The van der Waals surface area contributed by atoms with Gasteiger partial charge < -0.3 is 16.0 Å². The summed E-state index contributed by atoms with van der Waals surface area (Å²) in [6.07, 6.45) is -0.119. The number of hydrogen-bond donors (Lipinski definition) is 3. The highest BCUT2D eigenvalue weighted by atomic mass is 15.2. The molecule has 0 fully saturated rings. The van der Waals surface area contributed by atoms with Gasteiger partial charge in [0.25, 0.3) is 0 Å². The van der Waals surface area contributed by atoms with Crippen LogP contribution in [0.1, 0.15) is 5.69 Å². The number of aliphatic imine (C=N–C) groups is 1. The Hall–Kier alpha value is -1.81. The smallest absolute Gasteiger partial charge is 0.146 e.